The molecule has 0 unspecified atom stereocenters. The molecule has 1 rings (SSSR count). The zero-order chi connectivity index (χ0) is 10.4. The second-order valence-electron chi connectivity index (χ2n) is 2.54. The summed E-state index contributed by atoms with van der Waals surface area (Å²) in [7, 11) is 0. The third-order valence-corrected chi connectivity index (χ3v) is 1.78. The van der Waals surface area contributed by atoms with E-state index in [0.29, 0.717) is 0 Å². The van der Waals surface area contributed by atoms with E-state index in [1.54, 1.807) is 0 Å². The van der Waals surface area contributed by atoms with Crippen LogP contribution in [0.25, 0.3) is 0 Å². The third-order valence-electron chi connectivity index (χ3n) is 1.58. The van der Waals surface area contributed by atoms with Gasteiger partial charge in [0.05, 0.1) is 6.54 Å². The summed E-state index contributed by atoms with van der Waals surface area (Å²) in [5.41, 5.74) is 2.94. The van der Waals surface area contributed by atoms with Gasteiger partial charge in [-0.25, -0.2) is 0 Å². The Kier molecular flexibility index (Phi) is 4.97. The maximum Gasteiger partial charge on any atom is 0.332 e. The van der Waals surface area contributed by atoms with Crippen molar-refractivity contribution in [3.63, 3.8) is 0 Å². The molecule has 6 heteroatoms. The van der Waals surface area contributed by atoms with Crippen molar-refractivity contribution >= 4 is 23.4 Å². The Morgan fingerprint density at radius 2 is 2.00 bits per heavy atom. The molecule has 0 atom stereocenters. The van der Waals surface area contributed by atoms with Crippen LogP contribution in [-0.2, 0) is 11.3 Å². The molecule has 86 valence electrons. The molecule has 0 aromatic heterocycles. The van der Waals surface area contributed by atoms with Crippen molar-refractivity contribution in [2.75, 3.05) is 0 Å². The molecule has 0 fully saturated rings. The molecule has 0 spiro atoms. The zero-order valence-corrected chi connectivity index (χ0v) is 10.7. The zero-order valence-electron chi connectivity index (χ0n) is 7.52. The van der Waals surface area contributed by atoms with Crippen LogP contribution in [0.1, 0.15) is 5.56 Å². The molecule has 0 saturated heterocycles. The normalized spacial score (nSPS) is 8.60. The number of rotatable bonds is 4. The monoisotopic (exact) mass is 468 g/mol. The predicted molar refractivity (Wildman–Crippen MR) is 52.1 cm³/mol. The number of halogens is 1. The van der Waals surface area contributed by atoms with Gasteiger partial charge in [-0.1, -0.05) is 30.3 Å². The minimum Gasteiger partial charge on any atom is -0.518 e. The van der Waals surface area contributed by atoms with E-state index < -0.39 is 5.37 Å². The number of carbonyl (C=O) groups is 1. The molecular weight excluding hydrogens is 461 g/mol. The molecule has 0 aliphatic carbocycles. The van der Waals surface area contributed by atoms with E-state index in [9.17, 15) is 9.59 Å². The first-order valence-electron chi connectivity index (χ1n) is 3.87. The van der Waals surface area contributed by atoms with Gasteiger partial charge in [0.1, 0.15) is 0 Å². The van der Waals surface area contributed by atoms with E-state index in [2.05, 4.69) is 5.43 Å². The maximum absolute atomic E-state index is 10.8. The number of carbonyl (C=O) groups excluding carboxylic acids is 2. The van der Waals surface area contributed by atoms with Gasteiger partial charge in [-0.3, -0.25) is 9.80 Å². The van der Waals surface area contributed by atoms with Gasteiger partial charge < -0.3 is 10.2 Å². The maximum atomic E-state index is 10.8. The standard InChI is InChI=1S/C9H8ClN2O2.Fm/c10-9(14)12(11-7-13)6-8-4-2-1-3-5-8;/h1-5H,6H2,(H,11,13);/q-1;. The largest absolute Gasteiger partial charge is 0.518 e. The number of hydrogen-bond acceptors (Lipinski definition) is 2. The smallest absolute Gasteiger partial charge is 0.332 e. The molecule has 0 saturated carbocycles. The molecule has 2 amide bonds. The van der Waals surface area contributed by atoms with E-state index in [1.807, 2.05) is 30.3 Å². The van der Waals surface area contributed by atoms with Crippen LogP contribution >= 0.6 is 11.6 Å². The fourth-order valence-corrected chi connectivity index (χ4v) is 1.07. The van der Waals surface area contributed by atoms with Crippen molar-refractivity contribution in [3.05, 3.63) is 35.9 Å². The first-order chi connectivity index (χ1) is 6.74. The molecule has 15 heavy (non-hydrogen) atoms. The summed E-state index contributed by atoms with van der Waals surface area (Å²) in [4.78, 5) is 20.8. The Morgan fingerprint density at radius 3 is 2.47 bits per heavy atom. The molecular formula is C9H8ClFmN2O2-. The van der Waals surface area contributed by atoms with Crippen LogP contribution in [0.4, 0.5) is 4.79 Å². The summed E-state index contributed by atoms with van der Waals surface area (Å²) >= 11 is 5.22. The Morgan fingerprint density at radius 1 is 1.40 bits per heavy atom. The van der Waals surface area contributed by atoms with Gasteiger partial charge >= 0.3 is 5.37 Å². The van der Waals surface area contributed by atoms with Gasteiger partial charge in [-0.2, -0.15) is 0 Å². The first-order valence-corrected chi connectivity index (χ1v) is 4.25. The molecule has 4 nitrogen and oxygen atoms in total. The Labute approximate surface area is 86.4 Å². The van der Waals surface area contributed by atoms with Crippen LogP contribution in [0.2, 0.25) is 0 Å². The first kappa shape index (κ1) is 12.4. The third kappa shape index (κ3) is 3.78. The molecule has 0 heterocycles. The van der Waals surface area contributed by atoms with Crippen LogP contribution in [0, 0.1) is 0 Å². The van der Waals surface area contributed by atoms with Crippen molar-refractivity contribution in [1.29, 1.82) is 0 Å². The van der Waals surface area contributed by atoms with Crippen molar-refractivity contribution < 1.29 is 9.59 Å². The molecule has 0 radical (unpaired) electrons. The summed E-state index contributed by atoms with van der Waals surface area (Å²) in [5, 5.41) is 0.210. The van der Waals surface area contributed by atoms with Gasteiger partial charge in [-0.15, -0.1) is 6.41 Å². The minimum absolute atomic E-state index is 0. The van der Waals surface area contributed by atoms with Crippen molar-refractivity contribution in [3.8, 4) is 0 Å². The van der Waals surface area contributed by atoms with Crippen molar-refractivity contribution in [1.82, 2.24) is 10.4 Å². The summed E-state index contributed by atoms with van der Waals surface area (Å²) < 4.78 is 0. The van der Waals surface area contributed by atoms with Gasteiger partial charge in [0.15, 0.2) is 0 Å². The second-order valence-corrected chi connectivity index (χ2v) is 2.86. The molecule has 0 bridgehead atoms. The quantitative estimate of drug-likeness (QED) is 0.239. The van der Waals surface area contributed by atoms with Crippen LogP contribution in [0.5, 0.6) is 0 Å². The van der Waals surface area contributed by atoms with Crippen molar-refractivity contribution in [2.45, 2.75) is 6.54 Å². The Hall–Kier alpha value is -2.55. The molecule has 1 aromatic rings. The molecule has 1 aromatic carbocycles. The Balaban J connectivity index is 0.00000196. The number of hydrazine groups is 1. The second kappa shape index (κ2) is 5.99. The fourth-order valence-electron chi connectivity index (χ4n) is 0.967. The van der Waals surface area contributed by atoms with Crippen molar-refractivity contribution in [2.24, 2.45) is 0 Å². The van der Waals surface area contributed by atoms with Crippen LogP contribution in [0.15, 0.2) is 30.3 Å². The number of hydrogen-bond donors (Lipinski definition) is 1. The number of nitrogens with zero attached hydrogens (tertiary/aromatic N) is 1. The predicted octanol–water partition coefficient (Wildman–Crippen LogP) is 1.42. The summed E-state index contributed by atoms with van der Waals surface area (Å²) in [6.45, 7) is 0.221. The topological polar surface area (TPSA) is 49.4 Å². The van der Waals surface area contributed by atoms with Gasteiger partial charge in [-0.05, 0) is 17.2 Å². The van der Waals surface area contributed by atoms with Gasteiger partial charge in [0.25, 0.3) is 0 Å². The Bertz CT molecular complexity index is 321. The van der Waals surface area contributed by atoms with Gasteiger partial charge in [0.2, 0.25) is 0 Å². The molecule has 0 aliphatic heterocycles. The van der Waals surface area contributed by atoms with Crippen LogP contribution in [-0.4, -0.2) is 16.8 Å². The molecule has 1 N–H and O–H groups in total. The number of benzene rings is 1. The number of nitrogens with one attached hydrogen (secondary N) is 1. The fraction of sp³-hybridized carbons (Fsp3) is 0.111. The van der Waals surface area contributed by atoms with E-state index >= 15 is 0 Å². The van der Waals surface area contributed by atoms with Crippen LogP contribution in [0.3, 0.4) is 0 Å². The molecule has 0 aliphatic rings. The summed E-state index contributed by atoms with van der Waals surface area (Å²) in [5.74, 6) is 0. The summed E-state index contributed by atoms with van der Waals surface area (Å²) in [6.07, 6.45) is 1.39. The average molecular weight is 469 g/mol. The van der Waals surface area contributed by atoms with E-state index in [0.717, 1.165) is 10.6 Å². The minimum atomic E-state index is -0.753. The van der Waals surface area contributed by atoms with Crippen LogP contribution < -0.4 is 5.43 Å². The summed E-state index contributed by atoms with van der Waals surface area (Å²) in [6, 6.07) is 9.15. The number of amides is 2. The van der Waals surface area contributed by atoms with E-state index in [4.69, 9.17) is 11.6 Å². The average Bonchev–Trinajstić information content (AvgIpc) is 2.18. The SMILES string of the molecule is O=[C-]NN(Cc1ccccc1)C(=O)Cl.[Fm]. The van der Waals surface area contributed by atoms with E-state index in [-0.39, 0.29) is 6.54 Å². The van der Waals surface area contributed by atoms with E-state index in [1.165, 1.54) is 6.41 Å². The van der Waals surface area contributed by atoms with Gasteiger partial charge in [0, 0.05) is 0 Å².